The molecule has 1 heterocycles. The van der Waals surface area contributed by atoms with Gasteiger partial charge >= 0.3 is 0 Å². The number of methoxy groups -OCH3 is 1. The lowest BCUT2D eigenvalue weighted by atomic mass is 9.95. The van der Waals surface area contributed by atoms with Crippen molar-refractivity contribution < 1.29 is 14.3 Å². The standard InChI is InChI=1S/C17H23N3O3S/c1-9(2)8-23-12-6-5-11(7-13(12)22-4)15-14(16(18)21)10(3)19-17(24)20-15/h5-7,9,15H,8H2,1-4H3,(H2,18,21)(H2,19,20,24)/t15-/m0/s1. The largest absolute Gasteiger partial charge is 0.493 e. The molecule has 0 saturated heterocycles. The molecular weight excluding hydrogens is 326 g/mol. The number of primary amides is 1. The average molecular weight is 349 g/mol. The molecule has 0 fully saturated rings. The van der Waals surface area contributed by atoms with Crippen LogP contribution < -0.4 is 25.8 Å². The SMILES string of the molecule is COc1cc([C@@H]2NC(=S)NC(C)=C2C(N)=O)ccc1OCC(C)C. The van der Waals surface area contributed by atoms with Crippen LogP contribution in [0.2, 0.25) is 0 Å². The van der Waals surface area contributed by atoms with Gasteiger partial charge in [0, 0.05) is 5.70 Å². The molecule has 24 heavy (non-hydrogen) atoms. The number of hydrogen-bond acceptors (Lipinski definition) is 4. The fourth-order valence-corrected chi connectivity index (χ4v) is 2.78. The second-order valence-corrected chi connectivity index (χ2v) is 6.46. The summed E-state index contributed by atoms with van der Waals surface area (Å²) in [6.07, 6.45) is 0. The van der Waals surface area contributed by atoms with Gasteiger partial charge in [0.05, 0.1) is 25.3 Å². The maximum Gasteiger partial charge on any atom is 0.248 e. The Bertz CT molecular complexity index is 686. The zero-order valence-electron chi connectivity index (χ0n) is 14.3. The summed E-state index contributed by atoms with van der Waals surface area (Å²) in [7, 11) is 1.58. The summed E-state index contributed by atoms with van der Waals surface area (Å²) in [5, 5.41) is 6.45. The molecule has 4 N–H and O–H groups in total. The Hall–Kier alpha value is -2.28. The predicted molar refractivity (Wildman–Crippen MR) is 96.8 cm³/mol. The zero-order chi connectivity index (χ0) is 17.9. The molecule has 0 aromatic heterocycles. The highest BCUT2D eigenvalue weighted by molar-refractivity contribution is 7.80. The van der Waals surface area contributed by atoms with Crippen molar-refractivity contribution in [3.05, 3.63) is 35.0 Å². The van der Waals surface area contributed by atoms with E-state index in [1.165, 1.54) is 0 Å². The quantitative estimate of drug-likeness (QED) is 0.681. The minimum atomic E-state index is -0.501. The molecule has 0 saturated carbocycles. The average Bonchev–Trinajstić information content (AvgIpc) is 2.51. The number of nitrogens with one attached hydrogen (secondary N) is 2. The van der Waals surface area contributed by atoms with Gasteiger partial charge in [0.2, 0.25) is 5.91 Å². The van der Waals surface area contributed by atoms with E-state index in [2.05, 4.69) is 24.5 Å². The summed E-state index contributed by atoms with van der Waals surface area (Å²) in [5.74, 6) is 1.16. The van der Waals surface area contributed by atoms with Crippen molar-refractivity contribution >= 4 is 23.2 Å². The number of nitrogens with two attached hydrogens (primary N) is 1. The molecule has 0 bridgehead atoms. The Kier molecular flexibility index (Phi) is 5.66. The van der Waals surface area contributed by atoms with Gasteiger partial charge in [0.15, 0.2) is 16.6 Å². The van der Waals surface area contributed by atoms with Crippen molar-refractivity contribution in [3.63, 3.8) is 0 Å². The van der Waals surface area contributed by atoms with Gasteiger partial charge in [-0.15, -0.1) is 0 Å². The first-order chi connectivity index (χ1) is 11.3. The summed E-state index contributed by atoms with van der Waals surface area (Å²) in [4.78, 5) is 11.8. The van der Waals surface area contributed by atoms with Crippen molar-refractivity contribution in [3.8, 4) is 11.5 Å². The number of amides is 1. The lowest BCUT2D eigenvalue weighted by molar-refractivity contribution is -0.115. The van der Waals surface area contributed by atoms with Gasteiger partial charge in [-0.2, -0.15) is 0 Å². The van der Waals surface area contributed by atoms with E-state index in [4.69, 9.17) is 27.4 Å². The normalized spacial score (nSPS) is 17.4. The molecule has 6 nitrogen and oxygen atoms in total. The molecule has 0 aliphatic carbocycles. The lowest BCUT2D eigenvalue weighted by Crippen LogP contribution is -2.46. The van der Waals surface area contributed by atoms with Crippen molar-refractivity contribution in [2.75, 3.05) is 13.7 Å². The minimum absolute atomic E-state index is 0.407. The van der Waals surface area contributed by atoms with Gasteiger partial charge in [-0.05, 0) is 42.8 Å². The fraction of sp³-hybridized carbons (Fsp3) is 0.412. The number of benzene rings is 1. The van der Waals surface area contributed by atoms with Gasteiger partial charge in [-0.25, -0.2) is 0 Å². The van der Waals surface area contributed by atoms with E-state index in [1.807, 2.05) is 18.2 Å². The van der Waals surface area contributed by atoms with Gasteiger partial charge in [0.1, 0.15) is 0 Å². The molecule has 1 atom stereocenters. The number of carbonyl (C=O) groups is 1. The minimum Gasteiger partial charge on any atom is -0.493 e. The lowest BCUT2D eigenvalue weighted by Gasteiger charge is -2.29. The van der Waals surface area contributed by atoms with Gasteiger partial charge in [-0.1, -0.05) is 19.9 Å². The van der Waals surface area contributed by atoms with Crippen LogP contribution in [0.15, 0.2) is 29.5 Å². The van der Waals surface area contributed by atoms with Crippen molar-refractivity contribution in [1.82, 2.24) is 10.6 Å². The Balaban J connectivity index is 2.38. The molecule has 0 unspecified atom stereocenters. The smallest absolute Gasteiger partial charge is 0.248 e. The maximum atomic E-state index is 11.8. The highest BCUT2D eigenvalue weighted by Crippen LogP contribution is 2.34. The number of thiocarbonyl (C=S) groups is 1. The van der Waals surface area contributed by atoms with Crippen LogP contribution in [0, 0.1) is 5.92 Å². The molecular formula is C17H23N3O3S. The van der Waals surface area contributed by atoms with Crippen LogP contribution in [-0.2, 0) is 4.79 Å². The first kappa shape index (κ1) is 18.1. The van der Waals surface area contributed by atoms with Crippen molar-refractivity contribution in [2.24, 2.45) is 11.7 Å². The van der Waals surface area contributed by atoms with Crippen LogP contribution in [0.3, 0.4) is 0 Å². The third-order valence-electron chi connectivity index (χ3n) is 3.63. The number of allylic oxidation sites excluding steroid dienone is 1. The molecule has 1 aliphatic rings. The Labute approximate surface area is 147 Å². The molecule has 0 radical (unpaired) electrons. The van der Waals surface area contributed by atoms with E-state index in [-0.39, 0.29) is 0 Å². The second kappa shape index (κ2) is 7.53. The Morgan fingerprint density at radius 1 is 1.38 bits per heavy atom. The van der Waals surface area contributed by atoms with Gasteiger partial charge in [0.25, 0.3) is 0 Å². The molecule has 2 rings (SSSR count). The summed E-state index contributed by atoms with van der Waals surface area (Å²) in [6, 6.07) is 5.11. The summed E-state index contributed by atoms with van der Waals surface area (Å²) >= 11 is 5.19. The van der Waals surface area contributed by atoms with Gasteiger partial charge in [-0.3, -0.25) is 4.79 Å². The molecule has 0 spiro atoms. The van der Waals surface area contributed by atoms with Crippen LogP contribution in [0.25, 0.3) is 0 Å². The maximum absolute atomic E-state index is 11.8. The van der Waals surface area contributed by atoms with Crippen LogP contribution in [0.1, 0.15) is 32.4 Å². The first-order valence-corrected chi connectivity index (χ1v) is 8.13. The van der Waals surface area contributed by atoms with E-state index in [9.17, 15) is 4.79 Å². The zero-order valence-corrected chi connectivity index (χ0v) is 15.1. The van der Waals surface area contributed by atoms with Crippen molar-refractivity contribution in [2.45, 2.75) is 26.8 Å². The third-order valence-corrected chi connectivity index (χ3v) is 3.85. The second-order valence-electron chi connectivity index (χ2n) is 6.05. The number of ether oxygens (including phenoxy) is 2. The number of carbonyl (C=O) groups excluding carboxylic acids is 1. The van der Waals surface area contributed by atoms with E-state index >= 15 is 0 Å². The van der Waals surface area contributed by atoms with E-state index in [0.717, 1.165) is 5.56 Å². The molecule has 1 amide bonds. The molecule has 7 heteroatoms. The third kappa shape index (κ3) is 3.97. The number of hydrogen-bond donors (Lipinski definition) is 3. The van der Waals surface area contributed by atoms with Crippen LogP contribution in [0.5, 0.6) is 11.5 Å². The van der Waals surface area contributed by atoms with Crippen molar-refractivity contribution in [1.29, 1.82) is 0 Å². The molecule has 1 aliphatic heterocycles. The van der Waals surface area contributed by atoms with Crippen LogP contribution in [-0.4, -0.2) is 24.7 Å². The first-order valence-electron chi connectivity index (χ1n) is 7.72. The number of rotatable bonds is 6. The topological polar surface area (TPSA) is 85.6 Å². The predicted octanol–water partition coefficient (Wildman–Crippen LogP) is 2.01. The van der Waals surface area contributed by atoms with Gasteiger partial charge < -0.3 is 25.8 Å². The van der Waals surface area contributed by atoms with E-state index in [1.54, 1.807) is 14.0 Å². The van der Waals surface area contributed by atoms with Crippen LogP contribution >= 0.6 is 12.2 Å². The van der Waals surface area contributed by atoms with Crippen LogP contribution in [0.4, 0.5) is 0 Å². The Morgan fingerprint density at radius 3 is 2.67 bits per heavy atom. The highest BCUT2D eigenvalue weighted by Gasteiger charge is 2.29. The summed E-state index contributed by atoms with van der Waals surface area (Å²) in [6.45, 7) is 6.52. The summed E-state index contributed by atoms with van der Waals surface area (Å²) in [5.41, 5.74) is 7.45. The van der Waals surface area contributed by atoms with E-state index < -0.39 is 11.9 Å². The molecule has 130 valence electrons. The van der Waals surface area contributed by atoms with E-state index in [0.29, 0.717) is 40.4 Å². The summed E-state index contributed by atoms with van der Waals surface area (Å²) < 4.78 is 11.2. The monoisotopic (exact) mass is 349 g/mol. The molecule has 1 aromatic rings. The Morgan fingerprint density at radius 2 is 2.08 bits per heavy atom. The fourth-order valence-electron chi connectivity index (χ4n) is 2.51. The molecule has 1 aromatic carbocycles. The highest BCUT2D eigenvalue weighted by atomic mass is 32.1.